The first-order valence-electron chi connectivity index (χ1n) is 5.87. The number of nitrogens with zero attached hydrogens (tertiary/aromatic N) is 1. The molecule has 5 heteroatoms. The van der Waals surface area contributed by atoms with Crippen molar-refractivity contribution in [3.8, 4) is 0 Å². The summed E-state index contributed by atoms with van der Waals surface area (Å²) in [4.78, 5) is 4.23. The number of rotatable bonds is 4. The molecule has 3 N–H and O–H groups in total. The average Bonchev–Trinajstić information content (AvgIpc) is 2.43. The number of aromatic nitrogens is 1. The van der Waals surface area contributed by atoms with Crippen LogP contribution < -0.4 is 5.73 Å². The van der Waals surface area contributed by atoms with E-state index in [1.807, 2.05) is 18.2 Å². The molecule has 2 atom stereocenters. The molecule has 2 aromatic rings. The van der Waals surface area contributed by atoms with Crippen LogP contribution in [0.15, 0.2) is 42.6 Å². The van der Waals surface area contributed by atoms with Crippen LogP contribution in [0.2, 0.25) is 10.0 Å². The molecule has 19 heavy (non-hydrogen) atoms. The van der Waals surface area contributed by atoms with Gasteiger partial charge in [0.2, 0.25) is 0 Å². The molecule has 1 heterocycles. The molecule has 0 amide bonds. The van der Waals surface area contributed by atoms with E-state index in [1.54, 1.807) is 24.4 Å². The lowest BCUT2D eigenvalue weighted by Crippen LogP contribution is -2.21. The number of hydrogen-bond acceptors (Lipinski definition) is 3. The number of benzene rings is 1. The summed E-state index contributed by atoms with van der Waals surface area (Å²) in [5.41, 5.74) is 7.05. The molecule has 3 nitrogen and oxygen atoms in total. The molecule has 0 aliphatic carbocycles. The van der Waals surface area contributed by atoms with E-state index in [4.69, 9.17) is 28.9 Å². The second-order valence-corrected chi connectivity index (χ2v) is 5.05. The fourth-order valence-corrected chi connectivity index (χ4v) is 2.37. The molecule has 0 spiro atoms. The molecule has 2 rings (SSSR count). The van der Waals surface area contributed by atoms with Gasteiger partial charge in [0, 0.05) is 40.0 Å². The summed E-state index contributed by atoms with van der Waals surface area (Å²) in [6.07, 6.45) is 0.829. The largest absolute Gasteiger partial charge is 0.388 e. The molecule has 1 aromatic carbocycles. The van der Waals surface area contributed by atoms with Crippen molar-refractivity contribution in [2.24, 2.45) is 5.73 Å². The van der Waals surface area contributed by atoms with Gasteiger partial charge in [0.15, 0.2) is 0 Å². The minimum Gasteiger partial charge on any atom is -0.388 e. The van der Waals surface area contributed by atoms with Gasteiger partial charge in [0.05, 0.1) is 6.10 Å². The molecule has 0 saturated carbocycles. The highest BCUT2D eigenvalue weighted by molar-refractivity contribution is 6.33. The van der Waals surface area contributed by atoms with E-state index in [-0.39, 0.29) is 12.5 Å². The zero-order valence-corrected chi connectivity index (χ0v) is 11.6. The van der Waals surface area contributed by atoms with Crippen molar-refractivity contribution < 1.29 is 5.11 Å². The Kier molecular flexibility index (Phi) is 4.77. The summed E-state index contributed by atoms with van der Waals surface area (Å²) >= 11 is 12.0. The van der Waals surface area contributed by atoms with Gasteiger partial charge in [-0.1, -0.05) is 29.3 Å². The normalized spacial score (nSPS) is 14.1. The highest BCUT2D eigenvalue weighted by atomic mass is 35.5. The van der Waals surface area contributed by atoms with Crippen LogP contribution in [-0.4, -0.2) is 16.6 Å². The van der Waals surface area contributed by atoms with Crippen molar-refractivity contribution in [3.63, 3.8) is 0 Å². The second-order valence-electron chi connectivity index (χ2n) is 4.21. The fraction of sp³-hybridized carbons (Fsp3) is 0.214. The van der Waals surface area contributed by atoms with Crippen LogP contribution in [0.4, 0.5) is 0 Å². The van der Waals surface area contributed by atoms with Crippen LogP contribution >= 0.6 is 23.2 Å². The van der Waals surface area contributed by atoms with E-state index in [0.29, 0.717) is 15.6 Å². The van der Waals surface area contributed by atoms with Crippen molar-refractivity contribution in [1.29, 1.82) is 0 Å². The summed E-state index contributed by atoms with van der Waals surface area (Å²) in [6.45, 7) is 0.265. The third-order valence-corrected chi connectivity index (χ3v) is 3.56. The number of aliphatic hydroxyl groups excluding tert-OH is 1. The standard InChI is InChI=1S/C14H14Cl2N2O/c15-9-4-5-12(16)10(7-9)14(19)11(8-17)13-3-1-2-6-18-13/h1-7,11,14,19H,8,17H2. The first-order chi connectivity index (χ1) is 9.13. The maximum Gasteiger partial charge on any atom is 0.0900 e. The molecule has 100 valence electrons. The van der Waals surface area contributed by atoms with E-state index in [1.165, 1.54) is 0 Å². The molecule has 0 bridgehead atoms. The van der Waals surface area contributed by atoms with E-state index in [0.717, 1.165) is 5.69 Å². The van der Waals surface area contributed by atoms with E-state index in [2.05, 4.69) is 4.98 Å². The van der Waals surface area contributed by atoms with E-state index in [9.17, 15) is 5.11 Å². The number of hydrogen-bond donors (Lipinski definition) is 2. The smallest absolute Gasteiger partial charge is 0.0900 e. The quantitative estimate of drug-likeness (QED) is 0.911. The molecule has 0 saturated heterocycles. The Morgan fingerprint density at radius 2 is 2.00 bits per heavy atom. The Labute approximate surface area is 122 Å². The molecule has 0 aliphatic rings. The number of pyridine rings is 1. The van der Waals surface area contributed by atoms with Gasteiger partial charge in [-0.2, -0.15) is 0 Å². The highest BCUT2D eigenvalue weighted by Crippen LogP contribution is 2.34. The topological polar surface area (TPSA) is 59.1 Å². The Balaban J connectivity index is 2.36. The zero-order chi connectivity index (χ0) is 13.8. The van der Waals surface area contributed by atoms with Gasteiger partial charge in [0.1, 0.15) is 0 Å². The lowest BCUT2D eigenvalue weighted by Gasteiger charge is -2.22. The van der Waals surface area contributed by atoms with Crippen LogP contribution in [0.1, 0.15) is 23.3 Å². The maximum atomic E-state index is 10.5. The second kappa shape index (κ2) is 6.35. The number of aliphatic hydroxyl groups is 1. The number of halogens is 2. The molecule has 0 fully saturated rings. The minimum absolute atomic E-state index is 0.265. The van der Waals surface area contributed by atoms with Crippen LogP contribution in [0.25, 0.3) is 0 Å². The lowest BCUT2D eigenvalue weighted by molar-refractivity contribution is 0.146. The summed E-state index contributed by atoms with van der Waals surface area (Å²) in [5, 5.41) is 11.5. The van der Waals surface area contributed by atoms with Crippen LogP contribution in [-0.2, 0) is 0 Å². The van der Waals surface area contributed by atoms with Crippen molar-refractivity contribution in [2.75, 3.05) is 6.54 Å². The van der Waals surface area contributed by atoms with E-state index >= 15 is 0 Å². The molecule has 1 aromatic heterocycles. The third kappa shape index (κ3) is 3.25. The van der Waals surface area contributed by atoms with Gasteiger partial charge in [-0.15, -0.1) is 0 Å². The Hall–Kier alpha value is -1.13. The van der Waals surface area contributed by atoms with Gasteiger partial charge >= 0.3 is 0 Å². The van der Waals surface area contributed by atoms with Crippen molar-refractivity contribution in [1.82, 2.24) is 4.98 Å². The van der Waals surface area contributed by atoms with Gasteiger partial charge in [-0.3, -0.25) is 4.98 Å². The van der Waals surface area contributed by atoms with Gasteiger partial charge in [-0.05, 0) is 30.3 Å². The van der Waals surface area contributed by atoms with E-state index < -0.39 is 6.10 Å². The Morgan fingerprint density at radius 1 is 1.21 bits per heavy atom. The number of nitrogens with two attached hydrogens (primary N) is 1. The minimum atomic E-state index is -0.842. The third-order valence-electron chi connectivity index (χ3n) is 2.98. The summed E-state index contributed by atoms with van der Waals surface area (Å²) in [6, 6.07) is 10.5. The monoisotopic (exact) mass is 296 g/mol. The van der Waals surface area contributed by atoms with Crippen LogP contribution in [0.3, 0.4) is 0 Å². The average molecular weight is 297 g/mol. The summed E-state index contributed by atoms with van der Waals surface area (Å²) < 4.78 is 0. The summed E-state index contributed by atoms with van der Waals surface area (Å²) in [7, 11) is 0. The Morgan fingerprint density at radius 3 is 2.63 bits per heavy atom. The van der Waals surface area contributed by atoms with Crippen LogP contribution in [0, 0.1) is 0 Å². The molecule has 0 aliphatic heterocycles. The molecule has 2 unspecified atom stereocenters. The predicted molar refractivity (Wildman–Crippen MR) is 77.5 cm³/mol. The van der Waals surface area contributed by atoms with Crippen molar-refractivity contribution in [2.45, 2.75) is 12.0 Å². The van der Waals surface area contributed by atoms with Crippen molar-refractivity contribution >= 4 is 23.2 Å². The van der Waals surface area contributed by atoms with Gasteiger partial charge < -0.3 is 10.8 Å². The maximum absolute atomic E-state index is 10.5. The highest BCUT2D eigenvalue weighted by Gasteiger charge is 2.24. The predicted octanol–water partition coefficient (Wildman–Crippen LogP) is 3.16. The molecular weight excluding hydrogens is 283 g/mol. The zero-order valence-electron chi connectivity index (χ0n) is 10.1. The Bertz CT molecular complexity index is 548. The SMILES string of the molecule is NCC(c1ccccn1)C(O)c1cc(Cl)ccc1Cl. The fourth-order valence-electron chi connectivity index (χ4n) is 1.96. The molecular formula is C14H14Cl2N2O. The van der Waals surface area contributed by atoms with Crippen LogP contribution in [0.5, 0.6) is 0 Å². The van der Waals surface area contributed by atoms with Gasteiger partial charge in [-0.25, -0.2) is 0 Å². The first-order valence-corrected chi connectivity index (χ1v) is 6.63. The van der Waals surface area contributed by atoms with Crippen molar-refractivity contribution in [3.05, 3.63) is 63.9 Å². The first kappa shape index (κ1) is 14.3. The lowest BCUT2D eigenvalue weighted by atomic mass is 9.92. The van der Waals surface area contributed by atoms with Gasteiger partial charge in [0.25, 0.3) is 0 Å². The summed E-state index contributed by atoms with van der Waals surface area (Å²) in [5.74, 6) is -0.322. The molecule has 0 radical (unpaired) electrons.